The molecule has 1 N–H and O–H groups in total. The molecule has 2 aliphatic heterocycles. The van der Waals surface area contributed by atoms with Gasteiger partial charge in [-0.15, -0.1) is 0 Å². The van der Waals surface area contributed by atoms with Crippen molar-refractivity contribution in [1.82, 2.24) is 9.21 Å². The molecule has 0 spiro atoms. The zero-order valence-electron chi connectivity index (χ0n) is 23.7. The van der Waals surface area contributed by atoms with Crippen molar-refractivity contribution in [3.8, 4) is 17.2 Å². The lowest BCUT2D eigenvalue weighted by Gasteiger charge is -2.30. The van der Waals surface area contributed by atoms with E-state index in [4.69, 9.17) is 18.9 Å². The molecule has 3 aromatic rings. The lowest BCUT2D eigenvalue weighted by Crippen LogP contribution is -2.40. The third-order valence-corrected chi connectivity index (χ3v) is 9.60. The van der Waals surface area contributed by atoms with Crippen molar-refractivity contribution < 1.29 is 37.3 Å². The molecule has 0 aromatic heterocycles. The van der Waals surface area contributed by atoms with E-state index in [9.17, 15) is 18.3 Å². The molecule has 10 nitrogen and oxygen atoms in total. The minimum absolute atomic E-state index is 0.0830. The number of nitrogens with zero attached hydrogens (tertiary/aromatic N) is 2. The first-order valence-corrected chi connectivity index (χ1v) is 15.6. The van der Waals surface area contributed by atoms with E-state index >= 15 is 0 Å². The molecule has 1 saturated heterocycles. The van der Waals surface area contributed by atoms with E-state index in [0.717, 1.165) is 16.7 Å². The maximum atomic E-state index is 13.5. The minimum Gasteiger partial charge on any atom is -0.497 e. The number of sulfonamides is 1. The Hall–Kier alpha value is -3.80. The van der Waals surface area contributed by atoms with E-state index in [1.54, 1.807) is 7.11 Å². The summed E-state index contributed by atoms with van der Waals surface area (Å²) in [5, 5.41) is 9.77. The molecule has 3 atom stereocenters. The van der Waals surface area contributed by atoms with Crippen LogP contribution in [0.3, 0.4) is 0 Å². The molecular formula is C31H36N2O8S. The average molecular weight is 597 g/mol. The van der Waals surface area contributed by atoms with Crippen LogP contribution in [0.25, 0.3) is 0 Å². The molecule has 0 radical (unpaired) electrons. The van der Waals surface area contributed by atoms with Crippen LogP contribution in [0.5, 0.6) is 17.2 Å². The third-order valence-electron chi connectivity index (χ3n) is 7.75. The first-order valence-electron chi connectivity index (χ1n) is 14.0. The molecule has 42 heavy (non-hydrogen) atoms. The first-order chi connectivity index (χ1) is 20.3. The quantitative estimate of drug-likeness (QED) is 0.293. The van der Waals surface area contributed by atoms with E-state index in [1.807, 2.05) is 79.7 Å². The number of rotatable bonds is 12. The molecule has 11 heteroatoms. The molecule has 0 amide bonds. The van der Waals surface area contributed by atoms with Crippen LogP contribution in [0.1, 0.15) is 42.0 Å². The van der Waals surface area contributed by atoms with Crippen molar-refractivity contribution in [3.63, 3.8) is 0 Å². The topological polar surface area (TPSA) is 115 Å². The number of hydrogen-bond donors (Lipinski definition) is 1. The predicted molar refractivity (Wildman–Crippen MR) is 156 cm³/mol. The van der Waals surface area contributed by atoms with Crippen LogP contribution in [-0.2, 0) is 20.5 Å². The van der Waals surface area contributed by atoms with Crippen molar-refractivity contribution in [1.29, 1.82) is 0 Å². The molecule has 224 valence electrons. The van der Waals surface area contributed by atoms with E-state index in [0.29, 0.717) is 43.3 Å². The van der Waals surface area contributed by atoms with Crippen molar-refractivity contribution in [2.75, 3.05) is 40.1 Å². The van der Waals surface area contributed by atoms with Crippen molar-refractivity contribution in [2.45, 2.75) is 37.2 Å². The van der Waals surface area contributed by atoms with Crippen molar-refractivity contribution in [3.05, 3.63) is 89.5 Å². The summed E-state index contributed by atoms with van der Waals surface area (Å²) in [7, 11) is -2.01. The van der Waals surface area contributed by atoms with Gasteiger partial charge in [0.1, 0.15) is 11.9 Å². The summed E-state index contributed by atoms with van der Waals surface area (Å²) < 4.78 is 50.5. The highest BCUT2D eigenvalue weighted by Crippen LogP contribution is 2.45. The van der Waals surface area contributed by atoms with Crippen LogP contribution in [0, 0.1) is 0 Å². The van der Waals surface area contributed by atoms with E-state index in [-0.39, 0.29) is 25.0 Å². The number of likely N-dealkylation sites (tertiary alicyclic amines) is 1. The minimum atomic E-state index is -3.59. The van der Waals surface area contributed by atoms with Gasteiger partial charge in [0.2, 0.25) is 16.8 Å². The van der Waals surface area contributed by atoms with Gasteiger partial charge in [-0.1, -0.05) is 55.5 Å². The standard InChI is InChI=1S/C31H36N2O8S/c1-3-15-33(42(36,37)20-22-7-5-4-6-8-22)17-16-32-19-26(24-11-14-27-28(18-24)40-21-39-27)30(41-31(34)35)29(32)23-9-12-25(38-2)13-10-23/h4-14,18,26,29-30H,3,15-17,19-21H2,1-2H3,(H,34,35)/t26-,29-,30+/m1/s1. The van der Waals surface area contributed by atoms with Crippen LogP contribution in [0.2, 0.25) is 0 Å². The monoisotopic (exact) mass is 596 g/mol. The Morgan fingerprint density at radius 3 is 2.40 bits per heavy atom. The van der Waals surface area contributed by atoms with Gasteiger partial charge in [-0.05, 0) is 47.4 Å². The van der Waals surface area contributed by atoms with Gasteiger partial charge in [-0.2, -0.15) is 0 Å². The zero-order chi connectivity index (χ0) is 29.7. The van der Waals surface area contributed by atoms with Gasteiger partial charge >= 0.3 is 6.16 Å². The summed E-state index contributed by atoms with van der Waals surface area (Å²) in [6, 6.07) is 21.7. The van der Waals surface area contributed by atoms with Crippen molar-refractivity contribution in [2.24, 2.45) is 0 Å². The van der Waals surface area contributed by atoms with Gasteiger partial charge in [0.15, 0.2) is 11.5 Å². The van der Waals surface area contributed by atoms with Crippen LogP contribution in [0.4, 0.5) is 4.79 Å². The number of benzene rings is 3. The van der Waals surface area contributed by atoms with Gasteiger partial charge in [-0.25, -0.2) is 17.5 Å². The summed E-state index contributed by atoms with van der Waals surface area (Å²) in [5.74, 6) is 1.49. The Bertz CT molecular complexity index is 1470. The highest BCUT2D eigenvalue weighted by Gasteiger charge is 2.46. The van der Waals surface area contributed by atoms with Crippen LogP contribution < -0.4 is 14.2 Å². The third kappa shape index (κ3) is 6.64. The molecule has 0 unspecified atom stereocenters. The Balaban J connectivity index is 1.45. The molecule has 0 aliphatic carbocycles. The average Bonchev–Trinajstić information content (AvgIpc) is 3.59. The summed E-state index contributed by atoms with van der Waals surface area (Å²) in [6.07, 6.45) is -1.46. The highest BCUT2D eigenvalue weighted by molar-refractivity contribution is 7.88. The Morgan fingerprint density at radius 2 is 1.71 bits per heavy atom. The number of carboxylic acid groups (broad SMARTS) is 1. The molecule has 5 rings (SSSR count). The second-order valence-corrected chi connectivity index (χ2v) is 12.4. The normalized spacial score (nSPS) is 20.1. The van der Waals surface area contributed by atoms with Crippen LogP contribution in [0.15, 0.2) is 72.8 Å². The fraction of sp³-hybridized carbons (Fsp3) is 0.387. The molecule has 3 aromatic carbocycles. The van der Waals surface area contributed by atoms with Crippen LogP contribution in [-0.4, -0.2) is 75.1 Å². The molecule has 2 heterocycles. The Labute approximate surface area is 246 Å². The maximum absolute atomic E-state index is 13.5. The summed E-state index contributed by atoms with van der Waals surface area (Å²) in [5.41, 5.74) is 2.43. The van der Waals surface area contributed by atoms with Crippen LogP contribution >= 0.6 is 0 Å². The largest absolute Gasteiger partial charge is 0.506 e. The van der Waals surface area contributed by atoms with Crippen molar-refractivity contribution >= 4 is 16.2 Å². The molecule has 0 bridgehead atoms. The number of carbonyl (C=O) groups is 1. The lowest BCUT2D eigenvalue weighted by atomic mass is 9.90. The van der Waals surface area contributed by atoms with Gasteiger partial charge < -0.3 is 24.1 Å². The summed E-state index contributed by atoms with van der Waals surface area (Å²) in [6.45, 7) is 3.55. The van der Waals surface area contributed by atoms with E-state index in [1.165, 1.54) is 4.31 Å². The van der Waals surface area contributed by atoms with E-state index < -0.39 is 28.3 Å². The molecule has 2 aliphatic rings. The predicted octanol–water partition coefficient (Wildman–Crippen LogP) is 4.87. The Kier molecular flexibility index (Phi) is 9.20. The zero-order valence-corrected chi connectivity index (χ0v) is 24.5. The summed E-state index contributed by atoms with van der Waals surface area (Å²) in [4.78, 5) is 14.1. The van der Waals surface area contributed by atoms with Gasteiger partial charge in [0, 0.05) is 32.1 Å². The maximum Gasteiger partial charge on any atom is 0.506 e. The fourth-order valence-electron chi connectivity index (χ4n) is 5.79. The lowest BCUT2D eigenvalue weighted by molar-refractivity contribution is 0.0283. The smallest absolute Gasteiger partial charge is 0.497 e. The first kappa shape index (κ1) is 29.7. The molecule has 0 saturated carbocycles. The number of hydrogen-bond acceptors (Lipinski definition) is 8. The SMILES string of the molecule is CCCN(CCN1C[C@H](c2ccc3c(c2)OCO3)[C@H](OC(=O)O)[C@H]1c1ccc(OC)cc1)S(=O)(=O)Cc1ccccc1. The fourth-order valence-corrected chi connectivity index (χ4v) is 7.40. The second kappa shape index (κ2) is 13.0. The molecular weight excluding hydrogens is 560 g/mol. The summed E-state index contributed by atoms with van der Waals surface area (Å²) >= 11 is 0. The Morgan fingerprint density at radius 1 is 1.00 bits per heavy atom. The highest BCUT2D eigenvalue weighted by atomic mass is 32.2. The van der Waals surface area contributed by atoms with Gasteiger partial charge in [-0.3, -0.25) is 4.90 Å². The van der Waals surface area contributed by atoms with E-state index in [2.05, 4.69) is 4.90 Å². The number of methoxy groups -OCH3 is 1. The number of ether oxygens (including phenoxy) is 4. The van der Waals surface area contributed by atoms with Gasteiger partial charge in [0.25, 0.3) is 0 Å². The van der Waals surface area contributed by atoms with Gasteiger partial charge in [0.05, 0.1) is 18.9 Å². The molecule has 1 fully saturated rings. The number of fused-ring (bicyclic) bond motifs is 1. The second-order valence-electron chi connectivity index (χ2n) is 10.4.